The van der Waals surface area contributed by atoms with E-state index >= 15 is 4.39 Å². The van der Waals surface area contributed by atoms with Crippen LogP contribution in [0.3, 0.4) is 0 Å². The number of hydrogen-bond acceptors (Lipinski definition) is 5. The first-order valence-electron chi connectivity index (χ1n) is 13.6. The Kier molecular flexibility index (Phi) is 7.38. The fourth-order valence-electron chi connectivity index (χ4n) is 6.04. The Morgan fingerprint density at radius 1 is 1.18 bits per heavy atom. The number of hydrogen-bond donors (Lipinski definition) is 2. The van der Waals surface area contributed by atoms with Crippen molar-refractivity contribution in [1.29, 1.82) is 0 Å². The molecule has 1 aliphatic carbocycles. The van der Waals surface area contributed by atoms with Crippen LogP contribution in [-0.2, 0) is 17.6 Å². The maximum Gasteiger partial charge on any atom is 0.304 e. The van der Waals surface area contributed by atoms with Gasteiger partial charge in [-0.05, 0) is 104 Å². The molecule has 0 saturated heterocycles. The van der Waals surface area contributed by atoms with Crippen LogP contribution in [-0.4, -0.2) is 40.0 Å². The Morgan fingerprint density at radius 2 is 1.92 bits per heavy atom. The van der Waals surface area contributed by atoms with Crippen molar-refractivity contribution in [2.45, 2.75) is 77.2 Å². The lowest BCUT2D eigenvalue weighted by Gasteiger charge is -2.20. The Morgan fingerprint density at radius 3 is 2.62 bits per heavy atom. The van der Waals surface area contributed by atoms with Crippen LogP contribution in [0.1, 0.15) is 78.5 Å². The number of pyridine rings is 1. The molecule has 7 heteroatoms. The topological polar surface area (TPSA) is 88.9 Å². The van der Waals surface area contributed by atoms with Crippen molar-refractivity contribution in [1.82, 2.24) is 4.98 Å². The summed E-state index contributed by atoms with van der Waals surface area (Å²) in [6, 6.07) is 9.39. The standard InChI is InChI=1S/C32H36FNO5/c1-18-11-23(38-10-9-32(3,4)37)12-19(2)30(18)24-7-8-27(33)31-20(5-6-25(24)31)13-22-15-28-26(16-34-22)21(17-39-28)14-29(35)36/h7-8,11-12,15-16,20-21,37H,5-6,9-10,13-14,17H2,1-4H3,(H,35,36)/t20-,21-/m0/s1. The smallest absolute Gasteiger partial charge is 0.304 e. The lowest BCUT2D eigenvalue weighted by Crippen LogP contribution is -2.21. The van der Waals surface area contributed by atoms with Gasteiger partial charge in [0.05, 0.1) is 25.2 Å². The Bertz CT molecular complexity index is 1390. The van der Waals surface area contributed by atoms with Crippen LogP contribution in [0.2, 0.25) is 0 Å². The second-order valence-electron chi connectivity index (χ2n) is 11.6. The third-order valence-electron chi connectivity index (χ3n) is 7.92. The fraction of sp³-hybridized carbons (Fsp3) is 0.438. The van der Waals surface area contributed by atoms with E-state index in [4.69, 9.17) is 14.6 Å². The van der Waals surface area contributed by atoms with Gasteiger partial charge in [0, 0.05) is 35.9 Å². The minimum atomic E-state index is -0.854. The van der Waals surface area contributed by atoms with Crippen molar-refractivity contribution >= 4 is 5.97 Å². The van der Waals surface area contributed by atoms with E-state index in [-0.39, 0.29) is 24.1 Å². The average molecular weight is 534 g/mol. The number of benzene rings is 2. The molecule has 39 heavy (non-hydrogen) atoms. The van der Waals surface area contributed by atoms with Gasteiger partial charge < -0.3 is 19.7 Å². The molecule has 0 fully saturated rings. The highest BCUT2D eigenvalue weighted by Gasteiger charge is 2.31. The zero-order chi connectivity index (χ0) is 27.9. The molecule has 2 aromatic carbocycles. The lowest BCUT2D eigenvalue weighted by molar-refractivity contribution is -0.137. The predicted molar refractivity (Wildman–Crippen MR) is 147 cm³/mol. The first kappa shape index (κ1) is 27.1. The Hall–Kier alpha value is -3.45. The highest BCUT2D eigenvalue weighted by Crippen LogP contribution is 2.45. The van der Waals surface area contributed by atoms with Gasteiger partial charge in [0.2, 0.25) is 0 Å². The van der Waals surface area contributed by atoms with Gasteiger partial charge in [-0.2, -0.15) is 0 Å². The summed E-state index contributed by atoms with van der Waals surface area (Å²) in [5.41, 5.74) is 7.01. The molecule has 0 radical (unpaired) electrons. The zero-order valence-corrected chi connectivity index (χ0v) is 23.0. The number of aliphatic carboxylic acids is 1. The first-order valence-corrected chi connectivity index (χ1v) is 13.6. The number of aliphatic hydroxyl groups is 1. The van der Waals surface area contributed by atoms with Gasteiger partial charge in [0.1, 0.15) is 17.3 Å². The lowest BCUT2D eigenvalue weighted by atomic mass is 9.88. The van der Waals surface area contributed by atoms with E-state index < -0.39 is 11.6 Å². The maximum atomic E-state index is 15.3. The third kappa shape index (κ3) is 5.78. The number of carbonyl (C=O) groups is 1. The van der Waals surface area contributed by atoms with Gasteiger partial charge in [-0.15, -0.1) is 0 Å². The Labute approximate surface area is 228 Å². The molecule has 0 amide bonds. The van der Waals surface area contributed by atoms with Gasteiger partial charge in [0.25, 0.3) is 0 Å². The number of carboxylic acid groups (broad SMARTS) is 1. The summed E-state index contributed by atoms with van der Waals surface area (Å²) in [5.74, 6) is 0.243. The summed E-state index contributed by atoms with van der Waals surface area (Å²) in [6.07, 6.45) is 4.50. The molecular weight excluding hydrogens is 497 g/mol. The molecule has 5 rings (SSSR count). The first-order chi connectivity index (χ1) is 18.5. The van der Waals surface area contributed by atoms with E-state index in [9.17, 15) is 9.90 Å². The van der Waals surface area contributed by atoms with E-state index in [0.29, 0.717) is 31.8 Å². The van der Waals surface area contributed by atoms with E-state index in [0.717, 1.165) is 63.2 Å². The number of halogens is 1. The summed E-state index contributed by atoms with van der Waals surface area (Å²) in [5, 5.41) is 19.1. The van der Waals surface area contributed by atoms with E-state index in [1.54, 1.807) is 26.1 Å². The molecule has 3 aromatic rings. The normalized spacial score (nSPS) is 18.0. The average Bonchev–Trinajstić information content (AvgIpc) is 3.44. The van der Waals surface area contributed by atoms with Crippen molar-refractivity contribution < 1.29 is 28.9 Å². The van der Waals surface area contributed by atoms with Gasteiger partial charge in [-0.25, -0.2) is 4.39 Å². The van der Waals surface area contributed by atoms with Crippen molar-refractivity contribution in [2.75, 3.05) is 13.2 Å². The molecule has 206 valence electrons. The molecule has 0 unspecified atom stereocenters. The third-order valence-corrected chi connectivity index (χ3v) is 7.92. The highest BCUT2D eigenvalue weighted by atomic mass is 19.1. The van der Waals surface area contributed by atoms with Gasteiger partial charge in [-0.3, -0.25) is 9.78 Å². The number of nitrogens with zero attached hydrogens (tertiary/aromatic N) is 1. The van der Waals surface area contributed by atoms with E-state index in [2.05, 4.69) is 18.8 Å². The molecule has 2 aliphatic rings. The van der Waals surface area contributed by atoms with Gasteiger partial charge in [-0.1, -0.05) is 6.07 Å². The number of fused-ring (bicyclic) bond motifs is 2. The molecule has 2 atom stereocenters. The second kappa shape index (κ2) is 10.6. The molecular formula is C32H36FNO5. The molecule has 2 N–H and O–H groups in total. The molecule has 1 aromatic heterocycles. The number of ether oxygens (including phenoxy) is 2. The van der Waals surface area contributed by atoms with Crippen LogP contribution in [0.4, 0.5) is 4.39 Å². The van der Waals surface area contributed by atoms with Crippen molar-refractivity contribution in [2.24, 2.45) is 0 Å². The minimum absolute atomic E-state index is 0.00627. The van der Waals surface area contributed by atoms with Crippen molar-refractivity contribution in [3.05, 3.63) is 75.9 Å². The Balaban J connectivity index is 1.38. The molecule has 0 bridgehead atoms. The summed E-state index contributed by atoms with van der Waals surface area (Å²) in [4.78, 5) is 15.8. The summed E-state index contributed by atoms with van der Waals surface area (Å²) >= 11 is 0. The minimum Gasteiger partial charge on any atom is -0.493 e. The fourth-order valence-corrected chi connectivity index (χ4v) is 6.04. The van der Waals surface area contributed by atoms with Crippen LogP contribution in [0.25, 0.3) is 11.1 Å². The number of rotatable bonds is 9. The monoisotopic (exact) mass is 533 g/mol. The summed E-state index contributed by atoms with van der Waals surface area (Å²) in [6.45, 7) is 8.42. The molecule has 1 aliphatic heterocycles. The van der Waals surface area contributed by atoms with Crippen LogP contribution in [0.15, 0.2) is 36.5 Å². The van der Waals surface area contributed by atoms with Crippen molar-refractivity contribution in [3.8, 4) is 22.6 Å². The molecule has 2 heterocycles. The maximum absolute atomic E-state index is 15.3. The largest absolute Gasteiger partial charge is 0.493 e. The second-order valence-corrected chi connectivity index (χ2v) is 11.6. The van der Waals surface area contributed by atoms with Crippen LogP contribution < -0.4 is 9.47 Å². The van der Waals surface area contributed by atoms with Gasteiger partial charge >= 0.3 is 5.97 Å². The van der Waals surface area contributed by atoms with Gasteiger partial charge in [0.15, 0.2) is 0 Å². The molecule has 0 saturated carbocycles. The van der Waals surface area contributed by atoms with Crippen LogP contribution in [0.5, 0.6) is 11.5 Å². The zero-order valence-electron chi connectivity index (χ0n) is 23.0. The van der Waals surface area contributed by atoms with E-state index in [1.165, 1.54) is 0 Å². The number of aryl methyl sites for hydroxylation is 2. The van der Waals surface area contributed by atoms with Crippen molar-refractivity contribution in [3.63, 3.8) is 0 Å². The van der Waals surface area contributed by atoms with E-state index in [1.807, 2.05) is 24.3 Å². The molecule has 6 nitrogen and oxygen atoms in total. The van der Waals surface area contributed by atoms with Crippen LogP contribution >= 0.6 is 0 Å². The SMILES string of the molecule is Cc1cc(OCCC(C)(C)O)cc(C)c1-c1ccc(F)c2c1CC[C@H]2Cc1cc2c(cn1)[C@@H](CC(=O)O)CO2. The summed E-state index contributed by atoms with van der Waals surface area (Å²) < 4.78 is 27.0. The predicted octanol–water partition coefficient (Wildman–Crippen LogP) is 6.27. The quantitative estimate of drug-likeness (QED) is 0.337. The van der Waals surface area contributed by atoms with Crippen LogP contribution in [0, 0.1) is 19.7 Å². The molecule has 0 spiro atoms. The summed E-state index contributed by atoms with van der Waals surface area (Å²) in [7, 11) is 0. The number of aromatic nitrogens is 1. The highest BCUT2D eigenvalue weighted by molar-refractivity contribution is 5.76. The number of carboxylic acids is 1.